The third kappa shape index (κ3) is 5.14. The second kappa shape index (κ2) is 6.80. The van der Waals surface area contributed by atoms with Gasteiger partial charge in [-0.1, -0.05) is 12.8 Å². The minimum absolute atomic E-state index is 0.159. The van der Waals surface area contributed by atoms with Crippen LogP contribution in [-0.4, -0.2) is 38.4 Å². The first-order valence-electron chi connectivity index (χ1n) is 5.64. The summed E-state index contributed by atoms with van der Waals surface area (Å²) in [6, 6.07) is 0.510. The topological polar surface area (TPSA) is 47.6 Å². The van der Waals surface area contributed by atoms with E-state index < -0.39 is 0 Å². The Labute approximate surface area is 91.3 Å². The van der Waals surface area contributed by atoms with Crippen molar-refractivity contribution < 1.29 is 14.3 Å². The van der Waals surface area contributed by atoms with E-state index in [1.54, 1.807) is 7.11 Å². The molecule has 1 atom stereocenters. The molecular formula is C11H21NO3. The molecule has 0 bridgehead atoms. The number of hydrogen-bond donors (Lipinski definition) is 1. The maximum absolute atomic E-state index is 11.3. The Morgan fingerprint density at radius 3 is 2.73 bits per heavy atom. The molecule has 0 aromatic carbocycles. The summed E-state index contributed by atoms with van der Waals surface area (Å²) in [5, 5.41) is 3.21. The highest BCUT2D eigenvalue weighted by atomic mass is 16.6. The second-order valence-corrected chi connectivity index (χ2v) is 4.12. The number of hydrogen-bond acceptors (Lipinski definition) is 4. The Morgan fingerprint density at radius 1 is 1.47 bits per heavy atom. The lowest BCUT2D eigenvalue weighted by Crippen LogP contribution is -2.34. The number of carbonyl (C=O) groups excluding carboxylic acids is 1. The first-order valence-corrected chi connectivity index (χ1v) is 5.64. The van der Waals surface area contributed by atoms with Crippen LogP contribution in [0.5, 0.6) is 0 Å². The molecule has 0 aliphatic heterocycles. The van der Waals surface area contributed by atoms with Crippen LogP contribution in [0, 0.1) is 0 Å². The molecule has 1 N–H and O–H groups in total. The first-order chi connectivity index (χ1) is 7.22. The molecule has 0 heterocycles. The van der Waals surface area contributed by atoms with Gasteiger partial charge >= 0.3 is 5.97 Å². The molecule has 4 heteroatoms. The highest BCUT2D eigenvalue weighted by Gasteiger charge is 2.16. The van der Waals surface area contributed by atoms with E-state index in [9.17, 15) is 4.79 Å². The minimum atomic E-state index is -0.188. The van der Waals surface area contributed by atoms with E-state index in [4.69, 9.17) is 9.47 Å². The molecule has 4 nitrogen and oxygen atoms in total. The maximum atomic E-state index is 11.3. The van der Waals surface area contributed by atoms with Gasteiger partial charge in [0.2, 0.25) is 0 Å². The van der Waals surface area contributed by atoms with Crippen LogP contribution in [0.4, 0.5) is 0 Å². The molecule has 0 aromatic heterocycles. The molecule has 88 valence electrons. The third-order valence-corrected chi connectivity index (χ3v) is 2.62. The summed E-state index contributed by atoms with van der Waals surface area (Å²) in [6.07, 6.45) is 4.74. The molecule has 0 amide bonds. The zero-order chi connectivity index (χ0) is 11.1. The van der Waals surface area contributed by atoms with Gasteiger partial charge in [-0.2, -0.15) is 0 Å². The smallest absolute Gasteiger partial charge is 0.320 e. The number of methoxy groups -OCH3 is 1. The number of ether oxygens (including phenoxy) is 2. The quantitative estimate of drug-likeness (QED) is 0.674. The van der Waals surface area contributed by atoms with Gasteiger partial charge < -0.3 is 14.8 Å². The van der Waals surface area contributed by atoms with Gasteiger partial charge in [-0.05, 0) is 19.8 Å². The van der Waals surface area contributed by atoms with Crippen LogP contribution in [0.1, 0.15) is 32.6 Å². The van der Waals surface area contributed by atoms with Gasteiger partial charge in [0.05, 0.1) is 13.2 Å². The van der Waals surface area contributed by atoms with E-state index in [2.05, 4.69) is 5.32 Å². The second-order valence-electron chi connectivity index (χ2n) is 4.12. The maximum Gasteiger partial charge on any atom is 0.320 e. The van der Waals surface area contributed by atoms with Gasteiger partial charge in [0, 0.05) is 13.2 Å². The van der Waals surface area contributed by atoms with Gasteiger partial charge in [0.25, 0.3) is 0 Å². The van der Waals surface area contributed by atoms with E-state index in [0.717, 1.165) is 0 Å². The van der Waals surface area contributed by atoms with Gasteiger partial charge in [0.15, 0.2) is 0 Å². The fraction of sp³-hybridized carbons (Fsp3) is 0.909. The Balaban J connectivity index is 2.07. The number of nitrogens with one attached hydrogen (secondary N) is 1. The van der Waals surface area contributed by atoms with E-state index in [1.807, 2.05) is 6.92 Å². The highest BCUT2D eigenvalue weighted by molar-refractivity contribution is 5.71. The van der Waals surface area contributed by atoms with Crippen molar-refractivity contribution >= 4 is 5.97 Å². The van der Waals surface area contributed by atoms with Crippen LogP contribution < -0.4 is 5.32 Å². The van der Waals surface area contributed by atoms with Crippen LogP contribution >= 0.6 is 0 Å². The molecule has 1 fully saturated rings. The fourth-order valence-electron chi connectivity index (χ4n) is 1.89. The van der Waals surface area contributed by atoms with Crippen molar-refractivity contribution in [1.82, 2.24) is 5.32 Å². The summed E-state index contributed by atoms with van der Waals surface area (Å²) < 4.78 is 10.0. The molecule has 1 aliphatic rings. The zero-order valence-corrected chi connectivity index (χ0v) is 9.62. The van der Waals surface area contributed by atoms with Crippen LogP contribution in [0.15, 0.2) is 0 Å². The summed E-state index contributed by atoms with van der Waals surface area (Å²) in [5.41, 5.74) is 0. The summed E-state index contributed by atoms with van der Waals surface area (Å²) >= 11 is 0. The van der Waals surface area contributed by atoms with Gasteiger partial charge in [-0.15, -0.1) is 0 Å². The van der Waals surface area contributed by atoms with Crippen molar-refractivity contribution in [3.63, 3.8) is 0 Å². The van der Waals surface area contributed by atoms with Crippen LogP contribution in [0.3, 0.4) is 0 Å². The highest BCUT2D eigenvalue weighted by Crippen LogP contribution is 2.17. The molecule has 0 aromatic rings. The average Bonchev–Trinajstić information content (AvgIpc) is 2.67. The van der Waals surface area contributed by atoms with Crippen LogP contribution in [-0.2, 0) is 14.3 Å². The minimum Gasteiger partial charge on any atom is -0.459 e. The predicted molar refractivity (Wildman–Crippen MR) is 57.7 cm³/mol. The lowest BCUT2D eigenvalue weighted by molar-refractivity contribution is -0.149. The SMILES string of the molecule is COCC(C)OC(=O)CNC1CCCC1. The number of esters is 1. The fourth-order valence-corrected chi connectivity index (χ4v) is 1.89. The standard InChI is InChI=1S/C11H21NO3/c1-9(8-14-2)15-11(13)7-12-10-5-3-4-6-10/h9-10,12H,3-8H2,1-2H3. The normalized spacial score (nSPS) is 19.1. The van der Waals surface area contributed by atoms with Crippen molar-refractivity contribution in [3.05, 3.63) is 0 Å². The monoisotopic (exact) mass is 215 g/mol. The summed E-state index contributed by atoms with van der Waals surface area (Å²) in [7, 11) is 1.60. The van der Waals surface area contributed by atoms with Gasteiger partial charge in [0.1, 0.15) is 6.10 Å². The van der Waals surface area contributed by atoms with Gasteiger partial charge in [-0.25, -0.2) is 0 Å². The third-order valence-electron chi connectivity index (χ3n) is 2.62. The Bertz CT molecular complexity index is 190. The van der Waals surface area contributed by atoms with Crippen molar-refractivity contribution in [2.45, 2.75) is 44.8 Å². The summed E-state index contributed by atoms with van der Waals surface area (Å²) in [6.45, 7) is 2.60. The predicted octanol–water partition coefficient (Wildman–Crippen LogP) is 1.10. The molecule has 15 heavy (non-hydrogen) atoms. The summed E-state index contributed by atoms with van der Waals surface area (Å²) in [5.74, 6) is -0.188. The van der Waals surface area contributed by atoms with Crippen molar-refractivity contribution in [2.75, 3.05) is 20.3 Å². The Morgan fingerprint density at radius 2 is 2.13 bits per heavy atom. The number of carbonyl (C=O) groups is 1. The van der Waals surface area contributed by atoms with Gasteiger partial charge in [-0.3, -0.25) is 4.79 Å². The van der Waals surface area contributed by atoms with Crippen molar-refractivity contribution in [1.29, 1.82) is 0 Å². The molecule has 0 radical (unpaired) electrons. The average molecular weight is 215 g/mol. The first kappa shape index (κ1) is 12.5. The molecular weight excluding hydrogens is 194 g/mol. The summed E-state index contributed by atoms with van der Waals surface area (Å²) in [4.78, 5) is 11.3. The lowest BCUT2D eigenvalue weighted by Gasteiger charge is -2.14. The molecule has 1 aliphatic carbocycles. The van der Waals surface area contributed by atoms with E-state index in [0.29, 0.717) is 19.2 Å². The van der Waals surface area contributed by atoms with Crippen LogP contribution in [0.2, 0.25) is 0 Å². The van der Waals surface area contributed by atoms with E-state index in [1.165, 1.54) is 25.7 Å². The molecule has 1 unspecified atom stereocenters. The zero-order valence-electron chi connectivity index (χ0n) is 9.62. The van der Waals surface area contributed by atoms with Crippen molar-refractivity contribution in [2.24, 2.45) is 0 Å². The molecule has 1 saturated carbocycles. The van der Waals surface area contributed by atoms with Crippen molar-refractivity contribution in [3.8, 4) is 0 Å². The largest absolute Gasteiger partial charge is 0.459 e. The molecule has 1 rings (SSSR count). The van der Waals surface area contributed by atoms with E-state index >= 15 is 0 Å². The Hall–Kier alpha value is -0.610. The van der Waals surface area contributed by atoms with E-state index in [-0.39, 0.29) is 12.1 Å². The molecule has 0 spiro atoms. The lowest BCUT2D eigenvalue weighted by atomic mass is 10.2. The van der Waals surface area contributed by atoms with Crippen LogP contribution in [0.25, 0.3) is 0 Å². The Kier molecular flexibility index (Phi) is 5.65. The number of rotatable bonds is 6. The molecule has 0 saturated heterocycles.